The Morgan fingerprint density at radius 1 is 0.250 bits per heavy atom. The third-order valence-corrected chi connectivity index (χ3v) is 12.8. The van der Waals surface area contributed by atoms with Crippen LogP contribution in [-0.4, -0.2) is 4.57 Å². The van der Waals surface area contributed by atoms with Crippen LogP contribution in [0.4, 0.5) is 17.1 Å². The van der Waals surface area contributed by atoms with Gasteiger partial charge < -0.3 is 9.47 Å². The van der Waals surface area contributed by atoms with Crippen LogP contribution in [0, 0.1) is 0 Å². The molecule has 0 aliphatic rings. The second-order valence-corrected chi connectivity index (χ2v) is 16.5. The Morgan fingerprint density at radius 3 is 1.39 bits per heavy atom. The first-order chi connectivity index (χ1) is 31.7. The highest BCUT2D eigenvalue weighted by atomic mass is 15.1. The zero-order valence-corrected chi connectivity index (χ0v) is 35.1. The van der Waals surface area contributed by atoms with Gasteiger partial charge >= 0.3 is 0 Å². The quantitative estimate of drug-likeness (QED) is 0.148. The molecule has 0 atom stereocenters. The van der Waals surface area contributed by atoms with E-state index in [2.05, 4.69) is 264 Å². The third-order valence-electron chi connectivity index (χ3n) is 12.8. The molecule has 0 aliphatic heterocycles. The number of hydrogen-bond donors (Lipinski definition) is 0. The second kappa shape index (κ2) is 15.8. The first-order valence-electron chi connectivity index (χ1n) is 22.0. The van der Waals surface area contributed by atoms with E-state index in [1.54, 1.807) is 0 Å². The molecule has 11 aromatic carbocycles. The average Bonchev–Trinajstić information content (AvgIpc) is 3.71. The van der Waals surface area contributed by atoms with Crippen LogP contribution < -0.4 is 4.90 Å². The number of aromatic nitrogens is 1. The monoisotopic (exact) mass is 814 g/mol. The summed E-state index contributed by atoms with van der Waals surface area (Å²) in [5.74, 6) is 0. The van der Waals surface area contributed by atoms with E-state index in [0.29, 0.717) is 0 Å². The minimum absolute atomic E-state index is 1.08. The third kappa shape index (κ3) is 6.52. The van der Waals surface area contributed by atoms with E-state index in [-0.39, 0.29) is 0 Å². The van der Waals surface area contributed by atoms with Gasteiger partial charge in [-0.15, -0.1) is 0 Å². The maximum atomic E-state index is 2.43. The minimum atomic E-state index is 1.08. The summed E-state index contributed by atoms with van der Waals surface area (Å²) in [7, 11) is 0. The molecule has 0 unspecified atom stereocenters. The molecule has 64 heavy (non-hydrogen) atoms. The summed E-state index contributed by atoms with van der Waals surface area (Å²) in [6, 6.07) is 92.7. The molecule has 2 heteroatoms. The van der Waals surface area contributed by atoms with E-state index in [1.807, 2.05) is 0 Å². The maximum absolute atomic E-state index is 2.43. The molecule has 1 heterocycles. The van der Waals surface area contributed by atoms with Gasteiger partial charge in [-0.3, -0.25) is 0 Å². The molecule has 0 spiro atoms. The van der Waals surface area contributed by atoms with Crippen molar-refractivity contribution in [3.8, 4) is 50.2 Å². The maximum Gasteiger partial charge on any atom is 0.0541 e. The van der Waals surface area contributed by atoms with E-state index in [4.69, 9.17) is 0 Å². The van der Waals surface area contributed by atoms with Crippen LogP contribution in [0.2, 0.25) is 0 Å². The van der Waals surface area contributed by atoms with E-state index in [1.165, 1.54) is 93.5 Å². The van der Waals surface area contributed by atoms with Crippen LogP contribution >= 0.6 is 0 Å². The summed E-state index contributed by atoms with van der Waals surface area (Å²) in [5.41, 5.74) is 16.4. The average molecular weight is 815 g/mol. The van der Waals surface area contributed by atoms with Gasteiger partial charge in [-0.05, 0) is 121 Å². The molecule has 0 saturated carbocycles. The predicted octanol–water partition coefficient (Wildman–Crippen LogP) is 17.2. The van der Waals surface area contributed by atoms with Gasteiger partial charge in [0.1, 0.15) is 0 Å². The number of fused-ring (bicyclic) bond motifs is 5. The molecule has 12 aromatic rings. The zero-order valence-electron chi connectivity index (χ0n) is 35.1. The zero-order chi connectivity index (χ0) is 42.4. The number of nitrogens with zero attached hydrogens (tertiary/aromatic N) is 2. The molecule has 0 amide bonds. The molecular weight excluding hydrogens is 773 g/mol. The normalized spacial score (nSPS) is 11.4. The molecular formula is C62H42N2. The van der Waals surface area contributed by atoms with Crippen molar-refractivity contribution >= 4 is 60.4 Å². The van der Waals surface area contributed by atoms with Crippen LogP contribution in [0.15, 0.2) is 255 Å². The number of rotatable bonds is 8. The Bertz CT molecular complexity index is 3590. The highest BCUT2D eigenvalue weighted by Crippen LogP contribution is 2.43. The van der Waals surface area contributed by atoms with Gasteiger partial charge in [-0.2, -0.15) is 0 Å². The molecule has 0 saturated heterocycles. The fourth-order valence-corrected chi connectivity index (χ4v) is 9.72. The Hall–Kier alpha value is -8.46. The molecule has 300 valence electrons. The van der Waals surface area contributed by atoms with Gasteiger partial charge in [0, 0.05) is 33.2 Å². The smallest absolute Gasteiger partial charge is 0.0541 e. The molecule has 0 N–H and O–H groups in total. The summed E-state index contributed by atoms with van der Waals surface area (Å²) in [6.07, 6.45) is 0. The largest absolute Gasteiger partial charge is 0.310 e. The summed E-state index contributed by atoms with van der Waals surface area (Å²) >= 11 is 0. The molecule has 12 rings (SSSR count). The van der Waals surface area contributed by atoms with Crippen molar-refractivity contribution < 1.29 is 0 Å². The van der Waals surface area contributed by atoms with Crippen LogP contribution in [0.25, 0.3) is 93.5 Å². The summed E-state index contributed by atoms with van der Waals surface area (Å²) < 4.78 is 2.43. The lowest BCUT2D eigenvalue weighted by atomic mass is 9.92. The van der Waals surface area contributed by atoms with Gasteiger partial charge in [-0.1, -0.05) is 194 Å². The Labute approximate surface area is 373 Å². The standard InChI is InChI=1S/C62H42N2/c1-3-15-43(16-4-1)45-29-33-50(34-30-45)63(52-37-38-54(46-18-5-2-6-19-46)59(42-52)49-28-27-44-17-7-8-20-48(44)41-49)51-35-31-47(32-36-51)53-39-40-62(56-22-10-9-21-55(53)56)64-60-25-13-11-23-57(60)58-24-12-14-26-61(58)64/h1-42H. The van der Waals surface area contributed by atoms with Crippen molar-refractivity contribution in [2.24, 2.45) is 0 Å². The molecule has 2 nitrogen and oxygen atoms in total. The highest BCUT2D eigenvalue weighted by molar-refractivity contribution is 6.11. The van der Waals surface area contributed by atoms with Crippen molar-refractivity contribution in [2.45, 2.75) is 0 Å². The summed E-state index contributed by atoms with van der Waals surface area (Å²) in [4.78, 5) is 2.39. The van der Waals surface area contributed by atoms with Gasteiger partial charge in [0.05, 0.1) is 16.7 Å². The summed E-state index contributed by atoms with van der Waals surface area (Å²) in [6.45, 7) is 0. The van der Waals surface area contributed by atoms with Crippen LogP contribution in [0.5, 0.6) is 0 Å². The van der Waals surface area contributed by atoms with Gasteiger partial charge in [0.25, 0.3) is 0 Å². The minimum Gasteiger partial charge on any atom is -0.310 e. The van der Waals surface area contributed by atoms with Crippen molar-refractivity contribution in [1.82, 2.24) is 4.57 Å². The van der Waals surface area contributed by atoms with Crippen molar-refractivity contribution in [1.29, 1.82) is 0 Å². The van der Waals surface area contributed by atoms with Crippen molar-refractivity contribution in [3.05, 3.63) is 255 Å². The van der Waals surface area contributed by atoms with E-state index < -0.39 is 0 Å². The van der Waals surface area contributed by atoms with Gasteiger partial charge in [-0.25, -0.2) is 0 Å². The topological polar surface area (TPSA) is 8.17 Å². The summed E-state index contributed by atoms with van der Waals surface area (Å²) in [5, 5.41) is 7.43. The van der Waals surface area contributed by atoms with Crippen LogP contribution in [0.1, 0.15) is 0 Å². The fourth-order valence-electron chi connectivity index (χ4n) is 9.72. The molecule has 0 aliphatic carbocycles. The lowest BCUT2D eigenvalue weighted by Crippen LogP contribution is -2.10. The van der Waals surface area contributed by atoms with E-state index >= 15 is 0 Å². The second-order valence-electron chi connectivity index (χ2n) is 16.5. The van der Waals surface area contributed by atoms with Crippen LogP contribution in [-0.2, 0) is 0 Å². The number of anilines is 3. The first kappa shape index (κ1) is 37.3. The molecule has 0 bridgehead atoms. The lowest BCUT2D eigenvalue weighted by Gasteiger charge is -2.27. The Morgan fingerprint density at radius 2 is 0.719 bits per heavy atom. The molecule has 1 aromatic heterocycles. The number of hydrogen-bond acceptors (Lipinski definition) is 1. The van der Waals surface area contributed by atoms with E-state index in [9.17, 15) is 0 Å². The SMILES string of the molecule is c1ccc(-c2ccc(N(c3ccc(-c4ccc(-n5c6ccccc6c6ccccc65)c5ccccc45)cc3)c3ccc(-c4ccccc4)c(-c4ccc5ccccc5c4)c3)cc2)cc1. The first-order valence-corrected chi connectivity index (χ1v) is 22.0. The fraction of sp³-hybridized carbons (Fsp3) is 0. The predicted molar refractivity (Wildman–Crippen MR) is 272 cm³/mol. The number of para-hydroxylation sites is 2. The van der Waals surface area contributed by atoms with Gasteiger partial charge in [0.2, 0.25) is 0 Å². The van der Waals surface area contributed by atoms with Crippen molar-refractivity contribution in [3.63, 3.8) is 0 Å². The van der Waals surface area contributed by atoms with Gasteiger partial charge in [0.15, 0.2) is 0 Å². The lowest BCUT2D eigenvalue weighted by molar-refractivity contribution is 1.20. The molecule has 0 fully saturated rings. The number of benzene rings is 11. The van der Waals surface area contributed by atoms with E-state index in [0.717, 1.165) is 17.1 Å². The van der Waals surface area contributed by atoms with Crippen LogP contribution in [0.3, 0.4) is 0 Å². The Kier molecular flexibility index (Phi) is 9.20. The molecule has 0 radical (unpaired) electrons. The Balaban J connectivity index is 0.994. The van der Waals surface area contributed by atoms with Crippen molar-refractivity contribution in [2.75, 3.05) is 4.90 Å². The highest BCUT2D eigenvalue weighted by Gasteiger charge is 2.19.